The molecule has 0 unspecified atom stereocenters. The molecule has 21 heavy (non-hydrogen) atoms. The van der Waals surface area contributed by atoms with Crippen molar-refractivity contribution in [2.24, 2.45) is 0 Å². The lowest BCUT2D eigenvalue weighted by Crippen LogP contribution is -2.20. The quantitative estimate of drug-likeness (QED) is 0.640. The van der Waals surface area contributed by atoms with Crippen LogP contribution in [-0.4, -0.2) is 0 Å². The van der Waals surface area contributed by atoms with Crippen LogP contribution in [0.1, 0.15) is 5.56 Å². The molecule has 0 N–H and O–H groups in total. The molecule has 0 atom stereocenters. The molecular formula is C19H16FP. The highest BCUT2D eigenvalue weighted by molar-refractivity contribution is 7.79. The highest BCUT2D eigenvalue weighted by atomic mass is 31.1. The molecule has 0 saturated heterocycles. The molecule has 3 aromatic rings. The molecule has 0 radical (unpaired) electrons. The maximum atomic E-state index is 12.7. The Morgan fingerprint density at radius 2 is 1.00 bits per heavy atom. The van der Waals surface area contributed by atoms with Gasteiger partial charge in [-0.3, -0.25) is 0 Å². The fourth-order valence-corrected chi connectivity index (χ4v) is 4.62. The molecule has 0 aliphatic rings. The Bertz CT molecular complexity index is 638. The number of alkyl halides is 1. The topological polar surface area (TPSA) is 0 Å². The second-order valence-corrected chi connectivity index (χ2v) is 7.03. The van der Waals surface area contributed by atoms with Crippen LogP contribution in [0.3, 0.4) is 0 Å². The van der Waals surface area contributed by atoms with E-state index in [1.807, 2.05) is 24.3 Å². The molecule has 0 amide bonds. The standard InChI is InChI=1S/C19H16FP/c20-15-16-11-13-19(14-12-16)21(17-7-3-1-4-8-17)18-9-5-2-6-10-18/h1-14H,15H2. The van der Waals surface area contributed by atoms with Gasteiger partial charge in [0.25, 0.3) is 0 Å². The summed E-state index contributed by atoms with van der Waals surface area (Å²) in [6.07, 6.45) is 0. The first-order valence-electron chi connectivity index (χ1n) is 6.93. The highest BCUT2D eigenvalue weighted by Crippen LogP contribution is 2.32. The van der Waals surface area contributed by atoms with E-state index in [0.717, 1.165) is 5.56 Å². The smallest absolute Gasteiger partial charge is 0.115 e. The van der Waals surface area contributed by atoms with Crippen molar-refractivity contribution in [3.05, 3.63) is 90.5 Å². The van der Waals surface area contributed by atoms with Gasteiger partial charge in [-0.25, -0.2) is 4.39 Å². The first-order valence-corrected chi connectivity index (χ1v) is 8.28. The van der Waals surface area contributed by atoms with Crippen molar-refractivity contribution in [2.45, 2.75) is 6.67 Å². The first-order chi connectivity index (χ1) is 10.4. The van der Waals surface area contributed by atoms with E-state index < -0.39 is 14.6 Å². The number of hydrogen-bond donors (Lipinski definition) is 0. The molecule has 2 heteroatoms. The first kappa shape index (κ1) is 14.0. The van der Waals surface area contributed by atoms with Crippen LogP contribution < -0.4 is 15.9 Å². The van der Waals surface area contributed by atoms with Crippen LogP contribution >= 0.6 is 7.92 Å². The predicted octanol–water partition coefficient (Wildman–Crippen LogP) is 3.91. The number of rotatable bonds is 4. The molecule has 3 aromatic carbocycles. The van der Waals surface area contributed by atoms with Gasteiger partial charge >= 0.3 is 0 Å². The predicted molar refractivity (Wildman–Crippen MR) is 90.0 cm³/mol. The summed E-state index contributed by atoms with van der Waals surface area (Å²) >= 11 is 0. The van der Waals surface area contributed by atoms with Crippen LogP contribution in [0.5, 0.6) is 0 Å². The largest absolute Gasteiger partial charge is 0.246 e. The van der Waals surface area contributed by atoms with Gasteiger partial charge in [0.05, 0.1) is 0 Å². The summed E-state index contributed by atoms with van der Waals surface area (Å²) in [5.74, 6) is 0. The third-order valence-corrected chi connectivity index (χ3v) is 5.82. The summed E-state index contributed by atoms with van der Waals surface area (Å²) in [7, 11) is -0.586. The van der Waals surface area contributed by atoms with Crippen molar-refractivity contribution in [3.63, 3.8) is 0 Å². The van der Waals surface area contributed by atoms with Gasteiger partial charge in [-0.15, -0.1) is 0 Å². The van der Waals surface area contributed by atoms with Crippen molar-refractivity contribution < 1.29 is 4.39 Å². The molecule has 0 aliphatic carbocycles. The van der Waals surface area contributed by atoms with E-state index in [9.17, 15) is 4.39 Å². The fourth-order valence-electron chi connectivity index (χ4n) is 2.34. The van der Waals surface area contributed by atoms with Gasteiger partial charge in [-0.1, -0.05) is 84.9 Å². The van der Waals surface area contributed by atoms with Crippen molar-refractivity contribution in [1.29, 1.82) is 0 Å². The summed E-state index contributed by atoms with van der Waals surface area (Å²) < 4.78 is 12.7. The summed E-state index contributed by atoms with van der Waals surface area (Å²) in [4.78, 5) is 0. The monoisotopic (exact) mass is 294 g/mol. The highest BCUT2D eigenvalue weighted by Gasteiger charge is 2.15. The number of hydrogen-bond acceptors (Lipinski definition) is 0. The average Bonchev–Trinajstić information content (AvgIpc) is 2.58. The number of halogens is 1. The van der Waals surface area contributed by atoms with Crippen molar-refractivity contribution in [3.8, 4) is 0 Å². The third kappa shape index (κ3) is 3.20. The normalized spacial score (nSPS) is 10.8. The Morgan fingerprint density at radius 1 is 0.571 bits per heavy atom. The fraction of sp³-hybridized carbons (Fsp3) is 0.0526. The molecule has 0 heterocycles. The maximum absolute atomic E-state index is 12.7. The van der Waals surface area contributed by atoms with Crippen LogP contribution in [0.4, 0.5) is 4.39 Å². The zero-order valence-electron chi connectivity index (χ0n) is 11.6. The molecular weight excluding hydrogens is 278 g/mol. The molecule has 0 fully saturated rings. The van der Waals surface area contributed by atoms with Gasteiger partial charge in [0, 0.05) is 0 Å². The molecule has 0 aliphatic heterocycles. The Labute approximate surface area is 126 Å². The van der Waals surface area contributed by atoms with Crippen LogP contribution in [0.2, 0.25) is 0 Å². The second-order valence-electron chi connectivity index (χ2n) is 4.81. The summed E-state index contributed by atoms with van der Waals surface area (Å²) in [6, 6.07) is 28.9. The average molecular weight is 294 g/mol. The van der Waals surface area contributed by atoms with E-state index in [4.69, 9.17) is 0 Å². The van der Waals surface area contributed by atoms with E-state index in [1.165, 1.54) is 15.9 Å². The minimum Gasteiger partial charge on any atom is -0.246 e. The molecule has 0 nitrogen and oxygen atoms in total. The summed E-state index contributed by atoms with van der Waals surface area (Å²) in [6.45, 7) is -0.408. The SMILES string of the molecule is FCc1ccc(P(c2ccccc2)c2ccccc2)cc1. The molecule has 0 bridgehead atoms. The Hall–Kier alpha value is -1.98. The number of benzene rings is 3. The molecule has 0 aromatic heterocycles. The summed E-state index contributed by atoms with van der Waals surface area (Å²) in [5, 5.41) is 3.87. The minimum absolute atomic E-state index is 0.408. The van der Waals surface area contributed by atoms with E-state index in [2.05, 4.69) is 60.7 Å². The van der Waals surface area contributed by atoms with Crippen LogP contribution in [0.25, 0.3) is 0 Å². The maximum Gasteiger partial charge on any atom is 0.115 e. The molecule has 0 spiro atoms. The van der Waals surface area contributed by atoms with Gasteiger partial charge in [0.15, 0.2) is 0 Å². The zero-order valence-corrected chi connectivity index (χ0v) is 12.5. The second kappa shape index (κ2) is 6.65. The molecule has 104 valence electrons. The van der Waals surface area contributed by atoms with Gasteiger partial charge in [-0.2, -0.15) is 0 Å². The van der Waals surface area contributed by atoms with Crippen molar-refractivity contribution in [1.82, 2.24) is 0 Å². The lowest BCUT2D eigenvalue weighted by Gasteiger charge is -2.19. The lowest BCUT2D eigenvalue weighted by molar-refractivity contribution is 0.485. The minimum atomic E-state index is -0.586. The van der Waals surface area contributed by atoms with Crippen LogP contribution in [0, 0.1) is 0 Å². The van der Waals surface area contributed by atoms with E-state index in [1.54, 1.807) is 0 Å². The van der Waals surface area contributed by atoms with Gasteiger partial charge in [0.2, 0.25) is 0 Å². The van der Waals surface area contributed by atoms with Gasteiger partial charge in [-0.05, 0) is 29.4 Å². The Kier molecular flexibility index (Phi) is 4.43. The van der Waals surface area contributed by atoms with Gasteiger partial charge in [0.1, 0.15) is 6.67 Å². The Morgan fingerprint density at radius 3 is 1.43 bits per heavy atom. The Balaban J connectivity index is 2.07. The van der Waals surface area contributed by atoms with E-state index >= 15 is 0 Å². The molecule has 3 rings (SSSR count). The van der Waals surface area contributed by atoms with E-state index in [-0.39, 0.29) is 0 Å². The zero-order chi connectivity index (χ0) is 14.5. The third-order valence-electron chi connectivity index (χ3n) is 3.38. The van der Waals surface area contributed by atoms with Gasteiger partial charge < -0.3 is 0 Å². The lowest BCUT2D eigenvalue weighted by atomic mass is 10.2. The van der Waals surface area contributed by atoms with E-state index in [0.29, 0.717) is 0 Å². The van der Waals surface area contributed by atoms with Crippen molar-refractivity contribution in [2.75, 3.05) is 0 Å². The summed E-state index contributed by atoms with van der Waals surface area (Å²) in [5.41, 5.74) is 0.731. The van der Waals surface area contributed by atoms with Crippen LogP contribution in [-0.2, 0) is 6.67 Å². The van der Waals surface area contributed by atoms with Crippen LogP contribution in [0.15, 0.2) is 84.9 Å². The van der Waals surface area contributed by atoms with Crippen molar-refractivity contribution >= 4 is 23.8 Å². The molecule has 0 saturated carbocycles.